The van der Waals surface area contributed by atoms with E-state index in [4.69, 9.17) is 4.74 Å². The van der Waals surface area contributed by atoms with Crippen molar-refractivity contribution in [2.75, 3.05) is 7.11 Å². The Labute approximate surface area is 55.5 Å². The van der Waals surface area contributed by atoms with Crippen LogP contribution in [0, 0.1) is 0 Å². The molecule has 0 fully saturated rings. The van der Waals surface area contributed by atoms with Gasteiger partial charge in [0.25, 0.3) is 0 Å². The lowest BCUT2D eigenvalue weighted by Crippen LogP contribution is -1.81. The van der Waals surface area contributed by atoms with Crippen LogP contribution in [0.2, 0.25) is 0 Å². The number of hydrogen-bond acceptors (Lipinski definition) is 2. The number of allylic oxidation sites excluding steroid dienone is 2. The number of rotatable bonds is 2. The van der Waals surface area contributed by atoms with Crippen molar-refractivity contribution in [3.8, 4) is 0 Å². The maximum Gasteiger partial charge on any atom is 0.127 e. The van der Waals surface area contributed by atoms with Gasteiger partial charge in [-0.1, -0.05) is 6.58 Å². The zero-order chi connectivity index (χ0) is 6.57. The van der Waals surface area contributed by atoms with Crippen molar-refractivity contribution in [2.24, 2.45) is 0 Å². The molecule has 0 rings (SSSR count). The predicted molar refractivity (Wildman–Crippen MR) is 38.9 cm³/mol. The van der Waals surface area contributed by atoms with E-state index < -0.39 is 0 Å². The largest absolute Gasteiger partial charge is 0.496 e. The lowest BCUT2D eigenvalue weighted by atomic mass is 10.4. The third-order valence-corrected chi connectivity index (χ3v) is 0.982. The fraction of sp³-hybridized carbons (Fsp3) is 0.333. The summed E-state index contributed by atoms with van der Waals surface area (Å²) in [6, 6.07) is 0. The third-order valence-electron chi connectivity index (χ3n) is 0.762. The molecule has 0 aromatic carbocycles. The molecule has 0 aliphatic carbocycles. The van der Waals surface area contributed by atoms with Crippen molar-refractivity contribution in [3.05, 3.63) is 23.3 Å². The lowest BCUT2D eigenvalue weighted by molar-refractivity contribution is 0.305. The van der Waals surface area contributed by atoms with Gasteiger partial charge < -0.3 is 4.74 Å². The van der Waals surface area contributed by atoms with Crippen molar-refractivity contribution in [3.63, 3.8) is 0 Å². The number of ether oxygens (including phenoxy) is 1. The minimum absolute atomic E-state index is 0.730. The minimum Gasteiger partial charge on any atom is -0.496 e. The molecule has 0 saturated heterocycles. The van der Waals surface area contributed by atoms with E-state index in [1.807, 2.05) is 6.92 Å². The monoisotopic (exact) mass is 130 g/mol. The molecule has 2 heteroatoms. The first-order valence-electron chi connectivity index (χ1n) is 2.28. The van der Waals surface area contributed by atoms with Crippen molar-refractivity contribution < 1.29 is 4.74 Å². The summed E-state index contributed by atoms with van der Waals surface area (Å²) in [4.78, 5) is 0.850. The van der Waals surface area contributed by atoms with Gasteiger partial charge in [-0.3, -0.25) is 0 Å². The van der Waals surface area contributed by atoms with Gasteiger partial charge >= 0.3 is 0 Å². The van der Waals surface area contributed by atoms with Gasteiger partial charge in [0.15, 0.2) is 0 Å². The molecule has 0 N–H and O–H groups in total. The van der Waals surface area contributed by atoms with Crippen LogP contribution in [0.15, 0.2) is 23.3 Å². The van der Waals surface area contributed by atoms with Crippen molar-refractivity contribution >= 4 is 12.6 Å². The van der Waals surface area contributed by atoms with Crippen LogP contribution in [-0.4, -0.2) is 7.11 Å². The summed E-state index contributed by atoms with van der Waals surface area (Å²) >= 11 is 4.04. The van der Waals surface area contributed by atoms with Crippen LogP contribution in [0.5, 0.6) is 0 Å². The molecule has 1 nitrogen and oxygen atoms in total. The highest BCUT2D eigenvalue weighted by Crippen LogP contribution is 2.07. The Bertz CT molecular complexity index is 112. The molecule has 0 aromatic rings. The lowest BCUT2D eigenvalue weighted by Gasteiger charge is -1.98. The average molecular weight is 130 g/mol. The molecular formula is C6H10OS. The van der Waals surface area contributed by atoms with Gasteiger partial charge in [0.2, 0.25) is 0 Å². The van der Waals surface area contributed by atoms with Crippen LogP contribution in [0.4, 0.5) is 0 Å². The van der Waals surface area contributed by atoms with Gasteiger partial charge in [0, 0.05) is 4.91 Å². The predicted octanol–water partition coefficient (Wildman–Crippen LogP) is 1.98. The molecule has 0 aliphatic heterocycles. The summed E-state index contributed by atoms with van der Waals surface area (Å²) < 4.78 is 4.85. The van der Waals surface area contributed by atoms with E-state index in [1.54, 1.807) is 13.2 Å². The van der Waals surface area contributed by atoms with Crippen LogP contribution < -0.4 is 0 Å². The second-order valence-corrected chi connectivity index (χ2v) is 2.03. The number of hydrogen-bond donors (Lipinski definition) is 1. The van der Waals surface area contributed by atoms with Gasteiger partial charge in [-0.2, -0.15) is 0 Å². The van der Waals surface area contributed by atoms with Gasteiger partial charge in [0.1, 0.15) is 5.76 Å². The van der Waals surface area contributed by atoms with Crippen LogP contribution in [0.25, 0.3) is 0 Å². The van der Waals surface area contributed by atoms with Crippen LogP contribution in [0.3, 0.4) is 0 Å². The van der Waals surface area contributed by atoms with Crippen molar-refractivity contribution in [1.29, 1.82) is 0 Å². The number of methoxy groups -OCH3 is 1. The standard InChI is InChI=1S/C6H10OS/c1-4-6(7-3)5(2)8/h4,8H,1H2,2-3H3/b6-5+. The first-order chi connectivity index (χ1) is 3.72. The first-order valence-corrected chi connectivity index (χ1v) is 2.73. The summed E-state index contributed by atoms with van der Waals surface area (Å²) in [7, 11) is 1.59. The quantitative estimate of drug-likeness (QED) is 0.341. The summed E-state index contributed by atoms with van der Waals surface area (Å²) in [6.07, 6.45) is 1.63. The molecule has 0 unspecified atom stereocenters. The van der Waals surface area contributed by atoms with E-state index in [2.05, 4.69) is 19.2 Å². The summed E-state index contributed by atoms with van der Waals surface area (Å²) in [5.74, 6) is 0.730. The van der Waals surface area contributed by atoms with Crippen LogP contribution in [-0.2, 0) is 4.74 Å². The molecule has 8 heavy (non-hydrogen) atoms. The Morgan fingerprint density at radius 2 is 2.25 bits per heavy atom. The van der Waals surface area contributed by atoms with E-state index in [9.17, 15) is 0 Å². The maximum atomic E-state index is 4.85. The van der Waals surface area contributed by atoms with Crippen molar-refractivity contribution in [2.45, 2.75) is 6.92 Å². The van der Waals surface area contributed by atoms with Crippen LogP contribution >= 0.6 is 12.6 Å². The second kappa shape index (κ2) is 3.61. The molecule has 0 aliphatic rings. The molecule has 0 bridgehead atoms. The highest BCUT2D eigenvalue weighted by atomic mass is 32.1. The molecule has 0 radical (unpaired) electrons. The Balaban J connectivity index is 4.07. The van der Waals surface area contributed by atoms with E-state index in [0.717, 1.165) is 10.7 Å². The average Bonchev–Trinajstić information content (AvgIpc) is 1.69. The molecular weight excluding hydrogens is 120 g/mol. The molecule has 0 spiro atoms. The molecule has 0 saturated carbocycles. The van der Waals surface area contributed by atoms with E-state index >= 15 is 0 Å². The Morgan fingerprint density at radius 1 is 1.75 bits per heavy atom. The van der Waals surface area contributed by atoms with Gasteiger partial charge in [-0.25, -0.2) is 0 Å². The first kappa shape index (κ1) is 7.63. The third kappa shape index (κ3) is 2.07. The highest BCUT2D eigenvalue weighted by Gasteiger charge is 1.88. The zero-order valence-electron chi connectivity index (χ0n) is 5.14. The van der Waals surface area contributed by atoms with Crippen LogP contribution in [0.1, 0.15) is 6.92 Å². The topological polar surface area (TPSA) is 9.23 Å². The van der Waals surface area contributed by atoms with Gasteiger partial charge in [-0.15, -0.1) is 12.6 Å². The molecule has 0 aromatic heterocycles. The zero-order valence-corrected chi connectivity index (χ0v) is 6.03. The summed E-state index contributed by atoms with van der Waals surface area (Å²) in [6.45, 7) is 5.37. The molecule has 0 atom stereocenters. The second-order valence-electron chi connectivity index (χ2n) is 1.36. The smallest absolute Gasteiger partial charge is 0.127 e. The Hall–Kier alpha value is -0.370. The Kier molecular flexibility index (Phi) is 3.44. The van der Waals surface area contributed by atoms with Crippen molar-refractivity contribution in [1.82, 2.24) is 0 Å². The normalized spacial score (nSPS) is 12.4. The minimum atomic E-state index is 0.730. The molecule has 0 amide bonds. The SMILES string of the molecule is C=C/C(OC)=C(/C)S. The number of thiol groups is 1. The fourth-order valence-corrected chi connectivity index (χ4v) is 0.561. The van der Waals surface area contributed by atoms with E-state index in [0.29, 0.717) is 0 Å². The van der Waals surface area contributed by atoms with Gasteiger partial charge in [0.05, 0.1) is 7.11 Å². The fourth-order valence-electron chi connectivity index (χ4n) is 0.379. The summed E-state index contributed by atoms with van der Waals surface area (Å²) in [5, 5.41) is 0. The molecule has 46 valence electrons. The maximum absolute atomic E-state index is 4.85. The summed E-state index contributed by atoms with van der Waals surface area (Å²) in [5.41, 5.74) is 0. The van der Waals surface area contributed by atoms with Gasteiger partial charge in [-0.05, 0) is 13.0 Å². The molecule has 0 heterocycles. The van der Waals surface area contributed by atoms with E-state index in [-0.39, 0.29) is 0 Å². The highest BCUT2D eigenvalue weighted by molar-refractivity contribution is 7.84. The Morgan fingerprint density at radius 3 is 2.25 bits per heavy atom. The van der Waals surface area contributed by atoms with E-state index in [1.165, 1.54) is 0 Å².